The van der Waals surface area contributed by atoms with Gasteiger partial charge in [-0.1, -0.05) is 0 Å². The smallest absolute Gasteiger partial charge is 0.491 e. The Labute approximate surface area is 261 Å². The van der Waals surface area contributed by atoms with E-state index in [0.717, 1.165) is 37.6 Å². The predicted molar refractivity (Wildman–Crippen MR) is 161 cm³/mol. The van der Waals surface area contributed by atoms with E-state index in [9.17, 15) is 28.4 Å². The van der Waals surface area contributed by atoms with Crippen LogP contribution < -0.4 is 24.0 Å². The predicted octanol–water partition coefficient (Wildman–Crippen LogP) is 6.29. The highest BCUT2D eigenvalue weighted by Gasteiger charge is 2.31. The van der Waals surface area contributed by atoms with E-state index in [4.69, 9.17) is 21.1 Å². The Balaban J connectivity index is 1.04. The van der Waals surface area contributed by atoms with E-state index in [1.165, 1.54) is 35.0 Å². The van der Waals surface area contributed by atoms with E-state index in [1.807, 2.05) is 48.5 Å². The molecular formula is C30H29ClF3N5O6. The molecule has 2 heterocycles. The van der Waals surface area contributed by atoms with Gasteiger partial charge in [0.05, 0.1) is 6.10 Å². The van der Waals surface area contributed by atoms with Crippen LogP contribution in [0.5, 0.6) is 23.0 Å². The molecule has 1 fully saturated rings. The van der Waals surface area contributed by atoms with Gasteiger partial charge in [-0.15, -0.1) is 13.2 Å². The minimum atomic E-state index is -4.74. The zero-order valence-electron chi connectivity index (χ0n) is 23.8. The summed E-state index contributed by atoms with van der Waals surface area (Å²) in [5.74, 6) is 0.908. The van der Waals surface area contributed by atoms with Gasteiger partial charge in [0.1, 0.15) is 35.8 Å². The molecule has 1 aliphatic rings. The van der Waals surface area contributed by atoms with Crippen LogP contribution in [0, 0.1) is 10.1 Å². The average molecular weight is 648 g/mol. The van der Waals surface area contributed by atoms with Gasteiger partial charge in [-0.2, -0.15) is 0 Å². The molecule has 1 unspecified atom stereocenters. The first-order valence-electron chi connectivity index (χ1n) is 13.9. The number of ether oxygens (including phenoxy) is 3. The van der Waals surface area contributed by atoms with Gasteiger partial charge in [0.2, 0.25) is 0 Å². The normalized spacial score (nSPS) is 14.2. The number of nitrogens with zero attached hydrogens (tertiary/aromatic N) is 5. The van der Waals surface area contributed by atoms with Crippen LogP contribution in [-0.4, -0.2) is 64.8 Å². The summed E-state index contributed by atoms with van der Waals surface area (Å²) in [4.78, 5) is 18.4. The number of nitro groups is 1. The van der Waals surface area contributed by atoms with Crippen molar-refractivity contribution in [2.45, 2.75) is 25.4 Å². The molecule has 45 heavy (non-hydrogen) atoms. The molecule has 0 saturated carbocycles. The number of halogens is 4. The third-order valence-electron chi connectivity index (χ3n) is 7.02. The van der Waals surface area contributed by atoms with Crippen molar-refractivity contribution in [2.75, 3.05) is 42.6 Å². The molecule has 238 valence electrons. The fourth-order valence-corrected chi connectivity index (χ4v) is 4.96. The van der Waals surface area contributed by atoms with E-state index < -0.39 is 17.4 Å². The molecule has 1 aliphatic heterocycles. The monoisotopic (exact) mass is 647 g/mol. The van der Waals surface area contributed by atoms with Gasteiger partial charge in [0.15, 0.2) is 0 Å². The van der Waals surface area contributed by atoms with Gasteiger partial charge in [0, 0.05) is 44.1 Å². The maximum Gasteiger partial charge on any atom is 0.573 e. The Morgan fingerprint density at radius 1 is 0.867 bits per heavy atom. The van der Waals surface area contributed by atoms with Gasteiger partial charge in [0.25, 0.3) is 0 Å². The molecule has 0 aliphatic carbocycles. The summed E-state index contributed by atoms with van der Waals surface area (Å²) in [7, 11) is 0. The zero-order valence-corrected chi connectivity index (χ0v) is 24.5. The van der Waals surface area contributed by atoms with Gasteiger partial charge in [-0.3, -0.25) is 4.57 Å². The van der Waals surface area contributed by atoms with Crippen LogP contribution in [0.4, 0.5) is 30.4 Å². The number of imidazole rings is 1. The summed E-state index contributed by atoms with van der Waals surface area (Å²) >= 11 is 5.91. The van der Waals surface area contributed by atoms with E-state index in [2.05, 4.69) is 19.5 Å². The van der Waals surface area contributed by atoms with E-state index in [-0.39, 0.29) is 36.4 Å². The lowest BCUT2D eigenvalue weighted by molar-refractivity contribution is -0.389. The molecular weight excluding hydrogens is 619 g/mol. The zero-order chi connectivity index (χ0) is 32.0. The highest BCUT2D eigenvalue weighted by atomic mass is 35.5. The Kier molecular flexibility index (Phi) is 9.83. The molecule has 0 spiro atoms. The van der Waals surface area contributed by atoms with Crippen LogP contribution in [0.2, 0.25) is 5.28 Å². The minimum absolute atomic E-state index is 0.0115. The number of aliphatic hydroxyl groups is 1. The van der Waals surface area contributed by atoms with E-state index in [0.29, 0.717) is 17.2 Å². The second-order valence-electron chi connectivity index (χ2n) is 10.2. The summed E-state index contributed by atoms with van der Waals surface area (Å²) in [6.07, 6.45) is -4.03. The molecule has 1 aromatic heterocycles. The second-order valence-corrected chi connectivity index (χ2v) is 10.5. The molecule has 1 atom stereocenters. The van der Waals surface area contributed by atoms with Crippen molar-refractivity contribution in [3.8, 4) is 23.0 Å². The lowest BCUT2D eigenvalue weighted by Crippen LogP contribution is -2.46. The van der Waals surface area contributed by atoms with Gasteiger partial charge in [-0.25, -0.2) is 0 Å². The molecule has 1 saturated heterocycles. The number of aliphatic hydroxyl groups excluding tert-OH is 1. The molecule has 11 nitrogen and oxygen atoms in total. The number of hydrogen-bond donors (Lipinski definition) is 1. The van der Waals surface area contributed by atoms with Crippen molar-refractivity contribution in [1.29, 1.82) is 0 Å². The standard InChI is InChI=1S/C30H29ClF3N5O6/c31-29-35-28(39(41)42)19-38(29)14-13-23(40)20-43-24-5-1-21(2-6-24)36-15-17-37(18-16-36)22-3-7-25(8-4-22)44-26-9-11-27(12-10-26)45-30(32,33)34/h1-12,19,23,40H,13-18,20H2. The number of rotatable bonds is 12. The van der Waals surface area contributed by atoms with Crippen molar-refractivity contribution in [2.24, 2.45) is 0 Å². The number of benzene rings is 3. The van der Waals surface area contributed by atoms with Crippen molar-refractivity contribution in [1.82, 2.24) is 9.55 Å². The van der Waals surface area contributed by atoms with E-state index >= 15 is 0 Å². The molecule has 0 radical (unpaired) electrons. The molecule has 1 N–H and O–H groups in total. The molecule has 5 rings (SSSR count). The Morgan fingerprint density at radius 3 is 1.84 bits per heavy atom. The van der Waals surface area contributed by atoms with Crippen LogP contribution in [0.3, 0.4) is 0 Å². The molecule has 0 amide bonds. The van der Waals surface area contributed by atoms with Gasteiger partial charge >= 0.3 is 17.5 Å². The first kappa shape index (κ1) is 31.7. The number of anilines is 2. The first-order valence-corrected chi connectivity index (χ1v) is 14.3. The van der Waals surface area contributed by atoms with Crippen LogP contribution in [0.1, 0.15) is 6.42 Å². The van der Waals surface area contributed by atoms with E-state index in [1.54, 1.807) is 0 Å². The lowest BCUT2D eigenvalue weighted by Gasteiger charge is -2.37. The quantitative estimate of drug-likeness (QED) is 0.140. The second kappa shape index (κ2) is 13.9. The van der Waals surface area contributed by atoms with Crippen LogP contribution in [0.25, 0.3) is 0 Å². The molecule has 3 aromatic carbocycles. The maximum atomic E-state index is 12.3. The number of hydrogen-bond acceptors (Lipinski definition) is 9. The highest BCUT2D eigenvalue weighted by molar-refractivity contribution is 6.28. The SMILES string of the molecule is O=[N+]([O-])c1cn(CCC(O)COc2ccc(N3CCN(c4ccc(Oc5ccc(OC(F)(F)F)cc5)cc4)CC3)cc2)c(Cl)n1. The van der Waals surface area contributed by atoms with Gasteiger partial charge in [-0.05, 0) is 101 Å². The number of aromatic nitrogens is 2. The third kappa shape index (κ3) is 8.92. The molecule has 0 bridgehead atoms. The Bertz CT molecular complexity index is 1560. The minimum Gasteiger partial charge on any atom is -0.491 e. The topological polar surface area (TPSA) is 115 Å². The molecule has 15 heteroatoms. The summed E-state index contributed by atoms with van der Waals surface area (Å²) in [6, 6.07) is 20.4. The van der Waals surface area contributed by atoms with Crippen molar-refractivity contribution in [3.05, 3.63) is 94.4 Å². The number of aryl methyl sites for hydroxylation is 1. The summed E-state index contributed by atoms with van der Waals surface area (Å²) in [6.45, 7) is 3.52. The number of piperazine rings is 1. The molecule has 4 aromatic rings. The van der Waals surface area contributed by atoms with Crippen molar-refractivity contribution < 1.29 is 37.4 Å². The van der Waals surface area contributed by atoms with Crippen LogP contribution in [0.15, 0.2) is 79.0 Å². The summed E-state index contributed by atoms with van der Waals surface area (Å²) in [5, 5.41) is 21.1. The van der Waals surface area contributed by atoms with Crippen molar-refractivity contribution in [3.63, 3.8) is 0 Å². The summed E-state index contributed by atoms with van der Waals surface area (Å²) in [5.41, 5.74) is 2.08. The lowest BCUT2D eigenvalue weighted by atomic mass is 10.2. The third-order valence-corrected chi connectivity index (χ3v) is 7.33. The Morgan fingerprint density at radius 2 is 1.36 bits per heavy atom. The summed E-state index contributed by atoms with van der Waals surface area (Å²) < 4.78 is 53.8. The largest absolute Gasteiger partial charge is 0.573 e. The Hall–Kier alpha value is -4.69. The fourth-order valence-electron chi connectivity index (χ4n) is 4.74. The maximum absolute atomic E-state index is 12.3. The fraction of sp³-hybridized carbons (Fsp3) is 0.300. The van der Waals surface area contributed by atoms with Crippen molar-refractivity contribution >= 4 is 28.8 Å². The van der Waals surface area contributed by atoms with Crippen LogP contribution >= 0.6 is 11.6 Å². The van der Waals surface area contributed by atoms with Gasteiger partial charge < -0.3 is 39.2 Å². The first-order chi connectivity index (χ1) is 21.5. The van der Waals surface area contributed by atoms with Crippen LogP contribution in [-0.2, 0) is 6.54 Å². The average Bonchev–Trinajstić information content (AvgIpc) is 3.40. The highest BCUT2D eigenvalue weighted by Crippen LogP contribution is 2.29. The number of alkyl halides is 3.